The molecular formula is C22H29FN4O2. The molecular weight excluding hydrogens is 371 g/mol. The van der Waals surface area contributed by atoms with Gasteiger partial charge in [-0.05, 0) is 58.0 Å². The van der Waals surface area contributed by atoms with E-state index < -0.39 is 0 Å². The first-order valence-corrected chi connectivity index (χ1v) is 10.4. The number of halogens is 1. The van der Waals surface area contributed by atoms with Crippen molar-refractivity contribution in [2.24, 2.45) is 5.92 Å². The average molecular weight is 400 g/mol. The Morgan fingerprint density at radius 2 is 1.86 bits per heavy atom. The Morgan fingerprint density at radius 1 is 1.21 bits per heavy atom. The number of piperazine rings is 1. The molecule has 1 aliphatic heterocycles. The highest BCUT2D eigenvalue weighted by Gasteiger charge is 2.36. The zero-order chi connectivity index (χ0) is 20.5. The lowest BCUT2D eigenvalue weighted by molar-refractivity contribution is -0.134. The number of benzene rings is 1. The Balaban J connectivity index is 1.70. The van der Waals surface area contributed by atoms with Crippen LogP contribution in [0.25, 0.3) is 11.3 Å². The highest BCUT2D eigenvalue weighted by molar-refractivity contribution is 5.82. The van der Waals surface area contributed by atoms with Gasteiger partial charge in [-0.2, -0.15) is 0 Å². The standard InChI is InChI=1S/C22H29FN4O2/c1-15(2)27(21(28)17-4-5-17)14-19-20(16-6-8-18(23)9-7-16)24-29-22(19)26-12-10-25(3)11-13-26/h6-9,15,17H,4-5,10-14H2,1-3H3. The van der Waals surface area contributed by atoms with E-state index in [0.29, 0.717) is 12.2 Å². The molecule has 2 heterocycles. The molecule has 1 saturated carbocycles. The first-order valence-electron chi connectivity index (χ1n) is 10.4. The summed E-state index contributed by atoms with van der Waals surface area (Å²) in [5.41, 5.74) is 2.39. The molecule has 2 aromatic rings. The zero-order valence-corrected chi connectivity index (χ0v) is 17.4. The molecule has 4 rings (SSSR count). The lowest BCUT2D eigenvalue weighted by Gasteiger charge is -2.33. The maximum absolute atomic E-state index is 13.4. The average Bonchev–Trinajstić information content (AvgIpc) is 3.47. The van der Waals surface area contributed by atoms with E-state index in [1.54, 1.807) is 12.1 Å². The smallest absolute Gasteiger partial charge is 0.232 e. The number of anilines is 1. The molecule has 2 aliphatic rings. The topological polar surface area (TPSA) is 52.8 Å². The molecule has 6 nitrogen and oxygen atoms in total. The number of rotatable bonds is 6. The summed E-state index contributed by atoms with van der Waals surface area (Å²) in [7, 11) is 2.11. The van der Waals surface area contributed by atoms with E-state index in [9.17, 15) is 9.18 Å². The third kappa shape index (κ3) is 4.29. The minimum Gasteiger partial charge on any atom is -0.338 e. The van der Waals surface area contributed by atoms with Crippen LogP contribution in [-0.4, -0.2) is 60.1 Å². The van der Waals surface area contributed by atoms with Crippen LogP contribution >= 0.6 is 0 Å². The zero-order valence-electron chi connectivity index (χ0n) is 17.4. The van der Waals surface area contributed by atoms with Gasteiger partial charge in [-0.1, -0.05) is 5.16 Å². The van der Waals surface area contributed by atoms with Crippen molar-refractivity contribution in [3.05, 3.63) is 35.6 Å². The third-order valence-corrected chi connectivity index (χ3v) is 5.84. The molecule has 1 aromatic heterocycles. The molecule has 0 unspecified atom stereocenters. The molecule has 1 aromatic carbocycles. The Kier molecular flexibility index (Phi) is 5.58. The second kappa shape index (κ2) is 8.14. The normalized spacial score (nSPS) is 17.8. The van der Waals surface area contributed by atoms with Gasteiger partial charge >= 0.3 is 0 Å². The van der Waals surface area contributed by atoms with Crippen molar-refractivity contribution in [3.8, 4) is 11.3 Å². The number of carbonyl (C=O) groups excluding carboxylic acids is 1. The van der Waals surface area contributed by atoms with Gasteiger partial charge in [-0.25, -0.2) is 4.39 Å². The van der Waals surface area contributed by atoms with Gasteiger partial charge in [0.25, 0.3) is 0 Å². The number of hydrogen-bond acceptors (Lipinski definition) is 5. The van der Waals surface area contributed by atoms with Crippen LogP contribution in [0.5, 0.6) is 0 Å². The lowest BCUT2D eigenvalue weighted by atomic mass is 10.1. The maximum atomic E-state index is 13.4. The van der Waals surface area contributed by atoms with Crippen LogP contribution in [-0.2, 0) is 11.3 Å². The first kappa shape index (κ1) is 19.9. The van der Waals surface area contributed by atoms with E-state index in [4.69, 9.17) is 4.52 Å². The first-order chi connectivity index (χ1) is 13.9. The third-order valence-electron chi connectivity index (χ3n) is 5.84. The monoisotopic (exact) mass is 400 g/mol. The minimum absolute atomic E-state index is 0.0828. The van der Waals surface area contributed by atoms with E-state index in [-0.39, 0.29) is 23.7 Å². The number of amides is 1. The summed E-state index contributed by atoms with van der Waals surface area (Å²) < 4.78 is 19.3. The van der Waals surface area contributed by atoms with Gasteiger partial charge in [0.1, 0.15) is 11.5 Å². The van der Waals surface area contributed by atoms with Crippen LogP contribution in [0, 0.1) is 11.7 Å². The summed E-state index contributed by atoms with van der Waals surface area (Å²) in [5.74, 6) is 0.798. The van der Waals surface area contributed by atoms with E-state index in [1.165, 1.54) is 12.1 Å². The number of hydrogen-bond donors (Lipinski definition) is 0. The number of carbonyl (C=O) groups is 1. The van der Waals surface area contributed by atoms with Gasteiger partial charge in [-0.15, -0.1) is 0 Å². The fraction of sp³-hybridized carbons (Fsp3) is 0.545. The molecule has 2 fully saturated rings. The SMILES string of the molecule is CC(C)N(Cc1c(-c2ccc(F)cc2)noc1N1CCN(C)CC1)C(=O)C1CC1. The maximum Gasteiger partial charge on any atom is 0.232 e. The second-order valence-corrected chi connectivity index (χ2v) is 8.45. The Bertz CT molecular complexity index is 852. The van der Waals surface area contributed by atoms with Gasteiger partial charge in [0.15, 0.2) is 0 Å². The predicted octanol–water partition coefficient (Wildman–Crippen LogP) is 3.38. The summed E-state index contributed by atoms with van der Waals surface area (Å²) in [5, 5.41) is 4.35. The van der Waals surface area contributed by atoms with Crippen LogP contribution in [0.4, 0.5) is 10.3 Å². The van der Waals surface area contributed by atoms with Gasteiger partial charge in [0.05, 0.1) is 12.1 Å². The Labute approximate surface area is 171 Å². The second-order valence-electron chi connectivity index (χ2n) is 8.45. The molecule has 0 spiro atoms. The molecule has 156 valence electrons. The van der Waals surface area contributed by atoms with Crippen molar-refractivity contribution in [1.29, 1.82) is 0 Å². The Hall–Kier alpha value is -2.41. The predicted molar refractivity (Wildman–Crippen MR) is 110 cm³/mol. The Morgan fingerprint density at radius 3 is 2.45 bits per heavy atom. The van der Waals surface area contributed by atoms with Crippen LogP contribution in [0.15, 0.2) is 28.8 Å². The molecule has 7 heteroatoms. The number of nitrogens with zero attached hydrogens (tertiary/aromatic N) is 4. The lowest BCUT2D eigenvalue weighted by Crippen LogP contribution is -2.45. The van der Waals surface area contributed by atoms with Crippen LogP contribution in [0.2, 0.25) is 0 Å². The van der Waals surface area contributed by atoms with Gasteiger partial charge in [0.2, 0.25) is 11.8 Å². The van der Waals surface area contributed by atoms with E-state index in [2.05, 4.69) is 22.0 Å². The van der Waals surface area contributed by atoms with Crippen molar-refractivity contribution in [3.63, 3.8) is 0 Å². The van der Waals surface area contributed by atoms with Crippen molar-refractivity contribution in [2.45, 2.75) is 39.3 Å². The summed E-state index contributed by atoms with van der Waals surface area (Å²) in [6.45, 7) is 8.12. The fourth-order valence-electron chi connectivity index (χ4n) is 3.79. The van der Waals surface area contributed by atoms with E-state index in [0.717, 1.165) is 56.0 Å². The highest BCUT2D eigenvalue weighted by atomic mass is 19.1. The quantitative estimate of drug-likeness (QED) is 0.744. The van der Waals surface area contributed by atoms with Crippen molar-refractivity contribution < 1.29 is 13.7 Å². The summed E-state index contributed by atoms with van der Waals surface area (Å²) in [6.07, 6.45) is 1.95. The fourth-order valence-corrected chi connectivity index (χ4v) is 3.79. The molecule has 1 aliphatic carbocycles. The van der Waals surface area contributed by atoms with Crippen molar-refractivity contribution >= 4 is 11.8 Å². The molecule has 1 amide bonds. The molecule has 0 radical (unpaired) electrons. The van der Waals surface area contributed by atoms with Gasteiger partial charge < -0.3 is 19.2 Å². The molecule has 29 heavy (non-hydrogen) atoms. The molecule has 0 bridgehead atoms. The number of likely N-dealkylation sites (N-methyl/N-ethyl adjacent to an activating group) is 1. The van der Waals surface area contributed by atoms with Gasteiger partial charge in [-0.3, -0.25) is 4.79 Å². The van der Waals surface area contributed by atoms with Crippen LogP contribution in [0.1, 0.15) is 32.3 Å². The summed E-state index contributed by atoms with van der Waals surface area (Å²) in [4.78, 5) is 19.3. The highest BCUT2D eigenvalue weighted by Crippen LogP contribution is 2.36. The van der Waals surface area contributed by atoms with Crippen LogP contribution in [0.3, 0.4) is 0 Å². The van der Waals surface area contributed by atoms with Crippen molar-refractivity contribution in [1.82, 2.24) is 15.0 Å². The van der Waals surface area contributed by atoms with Crippen molar-refractivity contribution in [2.75, 3.05) is 38.1 Å². The summed E-state index contributed by atoms with van der Waals surface area (Å²) in [6, 6.07) is 6.37. The van der Waals surface area contributed by atoms with Gasteiger partial charge in [0, 0.05) is 43.7 Å². The summed E-state index contributed by atoms with van der Waals surface area (Å²) >= 11 is 0. The largest absolute Gasteiger partial charge is 0.338 e. The van der Waals surface area contributed by atoms with E-state index in [1.807, 2.05) is 18.7 Å². The number of aromatic nitrogens is 1. The van der Waals surface area contributed by atoms with E-state index >= 15 is 0 Å². The van der Waals surface area contributed by atoms with Crippen LogP contribution < -0.4 is 4.90 Å². The minimum atomic E-state index is -0.286. The molecule has 0 atom stereocenters. The molecule has 0 N–H and O–H groups in total. The molecule has 1 saturated heterocycles.